The second-order valence-electron chi connectivity index (χ2n) is 1.89. The minimum absolute atomic E-state index is 0.0906. The predicted molar refractivity (Wildman–Crippen MR) is 41.3 cm³/mol. The van der Waals surface area contributed by atoms with Crippen molar-refractivity contribution in [1.82, 2.24) is 0 Å². The SMILES string of the molecule is CCO.O=C(O)CCCCO. The summed E-state index contributed by atoms with van der Waals surface area (Å²) in [7, 11) is 0. The zero-order valence-corrected chi connectivity index (χ0v) is 6.79. The molecule has 0 aliphatic carbocycles. The first-order valence-corrected chi connectivity index (χ1v) is 3.62. The summed E-state index contributed by atoms with van der Waals surface area (Å²) in [5, 5.41) is 23.8. The molecule has 0 aliphatic heterocycles. The highest BCUT2D eigenvalue weighted by Crippen LogP contribution is 1.92. The molecule has 3 N–H and O–H groups in total. The maximum Gasteiger partial charge on any atom is 0.303 e. The topological polar surface area (TPSA) is 77.8 Å². The normalized spacial score (nSPS) is 8.27. The van der Waals surface area contributed by atoms with Crippen LogP contribution in [0, 0.1) is 0 Å². The van der Waals surface area contributed by atoms with Crippen LogP contribution < -0.4 is 0 Å². The Labute approximate surface area is 66.5 Å². The molecule has 0 aromatic carbocycles. The summed E-state index contributed by atoms with van der Waals surface area (Å²) in [5.74, 6) is -0.793. The Morgan fingerprint density at radius 3 is 2.00 bits per heavy atom. The molecule has 0 aromatic heterocycles. The molecule has 0 aromatic rings. The first kappa shape index (κ1) is 13.0. The number of carboxylic acid groups (broad SMARTS) is 1. The number of hydrogen-bond acceptors (Lipinski definition) is 3. The van der Waals surface area contributed by atoms with E-state index in [0.29, 0.717) is 12.8 Å². The van der Waals surface area contributed by atoms with Crippen LogP contribution >= 0.6 is 0 Å². The van der Waals surface area contributed by atoms with E-state index < -0.39 is 5.97 Å². The third-order valence-electron chi connectivity index (χ3n) is 0.799. The van der Waals surface area contributed by atoms with Gasteiger partial charge in [0.25, 0.3) is 0 Å². The molecule has 0 rings (SSSR count). The van der Waals surface area contributed by atoms with E-state index in [-0.39, 0.29) is 19.6 Å². The van der Waals surface area contributed by atoms with Crippen LogP contribution in [-0.2, 0) is 4.79 Å². The average Bonchev–Trinajstić information content (AvgIpc) is 1.89. The van der Waals surface area contributed by atoms with Crippen molar-refractivity contribution in [3.05, 3.63) is 0 Å². The lowest BCUT2D eigenvalue weighted by molar-refractivity contribution is -0.137. The molecular formula is C7H16O4. The van der Waals surface area contributed by atoms with Crippen LogP contribution in [0.5, 0.6) is 0 Å². The van der Waals surface area contributed by atoms with Gasteiger partial charge in [-0.2, -0.15) is 0 Å². The highest BCUT2D eigenvalue weighted by atomic mass is 16.4. The molecule has 68 valence electrons. The summed E-state index contributed by atoms with van der Waals surface area (Å²) < 4.78 is 0. The van der Waals surface area contributed by atoms with Crippen LogP contribution in [0.3, 0.4) is 0 Å². The first-order valence-electron chi connectivity index (χ1n) is 3.62. The fraction of sp³-hybridized carbons (Fsp3) is 0.857. The van der Waals surface area contributed by atoms with E-state index in [0.717, 1.165) is 0 Å². The summed E-state index contributed by atoms with van der Waals surface area (Å²) in [5.41, 5.74) is 0. The Balaban J connectivity index is 0. The van der Waals surface area contributed by atoms with Gasteiger partial charge >= 0.3 is 5.97 Å². The van der Waals surface area contributed by atoms with Crippen molar-refractivity contribution < 1.29 is 20.1 Å². The average molecular weight is 164 g/mol. The summed E-state index contributed by atoms with van der Waals surface area (Å²) >= 11 is 0. The molecular weight excluding hydrogens is 148 g/mol. The smallest absolute Gasteiger partial charge is 0.303 e. The highest BCUT2D eigenvalue weighted by Gasteiger charge is 1.93. The van der Waals surface area contributed by atoms with Gasteiger partial charge in [0.05, 0.1) is 0 Å². The lowest BCUT2D eigenvalue weighted by Gasteiger charge is -1.89. The van der Waals surface area contributed by atoms with Gasteiger partial charge in [-0.25, -0.2) is 0 Å². The molecule has 0 aliphatic rings. The maximum atomic E-state index is 9.79. The maximum absolute atomic E-state index is 9.79. The lowest BCUT2D eigenvalue weighted by Crippen LogP contribution is -1.94. The number of rotatable bonds is 4. The zero-order valence-electron chi connectivity index (χ0n) is 6.79. The van der Waals surface area contributed by atoms with Crippen molar-refractivity contribution >= 4 is 5.97 Å². The molecule has 0 amide bonds. The summed E-state index contributed by atoms with van der Waals surface area (Å²) in [6.45, 7) is 2.02. The Morgan fingerprint density at radius 2 is 1.73 bits per heavy atom. The molecule has 4 nitrogen and oxygen atoms in total. The van der Waals surface area contributed by atoms with E-state index in [2.05, 4.69) is 0 Å². The van der Waals surface area contributed by atoms with Gasteiger partial charge in [-0.1, -0.05) is 0 Å². The largest absolute Gasteiger partial charge is 0.481 e. The van der Waals surface area contributed by atoms with Crippen LogP contribution in [0.2, 0.25) is 0 Å². The first-order chi connectivity index (χ1) is 5.18. The highest BCUT2D eigenvalue weighted by molar-refractivity contribution is 5.66. The Hall–Kier alpha value is -0.610. The van der Waals surface area contributed by atoms with E-state index in [9.17, 15) is 4.79 Å². The van der Waals surface area contributed by atoms with Gasteiger partial charge in [0.15, 0.2) is 0 Å². The van der Waals surface area contributed by atoms with Gasteiger partial charge < -0.3 is 15.3 Å². The monoisotopic (exact) mass is 164 g/mol. The summed E-state index contributed by atoms with van der Waals surface area (Å²) in [6, 6.07) is 0. The second-order valence-corrected chi connectivity index (χ2v) is 1.89. The van der Waals surface area contributed by atoms with Crippen molar-refractivity contribution in [2.45, 2.75) is 26.2 Å². The fourth-order valence-corrected chi connectivity index (χ4v) is 0.388. The predicted octanol–water partition coefficient (Wildman–Crippen LogP) is 0.232. The summed E-state index contributed by atoms with van der Waals surface area (Å²) in [6.07, 6.45) is 1.33. The van der Waals surface area contributed by atoms with Crippen LogP contribution in [0.25, 0.3) is 0 Å². The Morgan fingerprint density at radius 1 is 1.27 bits per heavy atom. The van der Waals surface area contributed by atoms with Gasteiger partial charge in [0.1, 0.15) is 0 Å². The zero-order chi connectivity index (χ0) is 9.11. The van der Waals surface area contributed by atoms with Crippen LogP contribution in [0.15, 0.2) is 0 Å². The van der Waals surface area contributed by atoms with E-state index in [4.69, 9.17) is 15.3 Å². The Kier molecular flexibility index (Phi) is 14.3. The molecule has 0 spiro atoms. The van der Waals surface area contributed by atoms with Gasteiger partial charge in [-0.3, -0.25) is 4.79 Å². The second kappa shape index (κ2) is 12.1. The van der Waals surface area contributed by atoms with Gasteiger partial charge in [-0.15, -0.1) is 0 Å². The van der Waals surface area contributed by atoms with Crippen molar-refractivity contribution in [2.24, 2.45) is 0 Å². The van der Waals surface area contributed by atoms with E-state index in [1.165, 1.54) is 0 Å². The van der Waals surface area contributed by atoms with Crippen molar-refractivity contribution in [3.8, 4) is 0 Å². The quantitative estimate of drug-likeness (QED) is 0.520. The number of aliphatic hydroxyl groups is 2. The number of carboxylic acids is 1. The van der Waals surface area contributed by atoms with Crippen molar-refractivity contribution in [3.63, 3.8) is 0 Å². The van der Waals surface area contributed by atoms with E-state index in [1.54, 1.807) is 6.92 Å². The number of aliphatic carboxylic acids is 1. The number of carbonyl (C=O) groups is 1. The van der Waals surface area contributed by atoms with Gasteiger partial charge in [0.2, 0.25) is 0 Å². The molecule has 0 saturated carbocycles. The number of aliphatic hydroxyl groups excluding tert-OH is 2. The molecule has 11 heavy (non-hydrogen) atoms. The number of hydrogen-bond donors (Lipinski definition) is 3. The molecule has 0 atom stereocenters. The molecule has 0 heterocycles. The third kappa shape index (κ3) is 26.6. The van der Waals surface area contributed by atoms with E-state index >= 15 is 0 Å². The van der Waals surface area contributed by atoms with Gasteiger partial charge in [-0.05, 0) is 19.8 Å². The minimum atomic E-state index is -0.793. The molecule has 0 bridgehead atoms. The molecule has 0 saturated heterocycles. The molecule has 0 fully saturated rings. The lowest BCUT2D eigenvalue weighted by atomic mass is 10.2. The van der Waals surface area contributed by atoms with E-state index in [1.807, 2.05) is 0 Å². The third-order valence-corrected chi connectivity index (χ3v) is 0.799. The van der Waals surface area contributed by atoms with Crippen molar-refractivity contribution in [2.75, 3.05) is 13.2 Å². The number of unbranched alkanes of at least 4 members (excludes halogenated alkanes) is 1. The minimum Gasteiger partial charge on any atom is -0.481 e. The standard InChI is InChI=1S/C5H10O3.C2H6O/c6-4-2-1-3-5(7)8;1-2-3/h6H,1-4H2,(H,7,8);3H,2H2,1H3. The van der Waals surface area contributed by atoms with Crippen LogP contribution in [0.4, 0.5) is 0 Å². The summed E-state index contributed by atoms with van der Waals surface area (Å²) in [4.78, 5) is 9.79. The molecule has 4 heteroatoms. The Bertz CT molecular complexity index is 82.5. The van der Waals surface area contributed by atoms with Gasteiger partial charge in [0, 0.05) is 19.6 Å². The van der Waals surface area contributed by atoms with Crippen LogP contribution in [-0.4, -0.2) is 34.5 Å². The fourth-order valence-electron chi connectivity index (χ4n) is 0.388. The molecule has 0 unspecified atom stereocenters. The van der Waals surface area contributed by atoms with Crippen molar-refractivity contribution in [1.29, 1.82) is 0 Å². The van der Waals surface area contributed by atoms with Crippen LogP contribution in [0.1, 0.15) is 26.2 Å². The molecule has 0 radical (unpaired) electrons.